The summed E-state index contributed by atoms with van der Waals surface area (Å²) in [6.07, 6.45) is 2.38. The van der Waals surface area contributed by atoms with Gasteiger partial charge >= 0.3 is 0 Å². The van der Waals surface area contributed by atoms with Crippen LogP contribution in [-0.4, -0.2) is 20.7 Å². The molecule has 0 saturated heterocycles. The Labute approximate surface area is 183 Å². The van der Waals surface area contributed by atoms with E-state index in [9.17, 15) is 4.79 Å². The minimum atomic E-state index is -0.102. The fourth-order valence-corrected chi connectivity index (χ4v) is 4.90. The molecule has 1 N–H and O–H groups in total. The van der Waals surface area contributed by atoms with Crippen molar-refractivity contribution in [1.82, 2.24) is 14.8 Å². The van der Waals surface area contributed by atoms with E-state index in [0.717, 1.165) is 32.9 Å². The summed E-state index contributed by atoms with van der Waals surface area (Å²) in [5.74, 6) is 1.66. The first kappa shape index (κ1) is 19.1. The number of thioether (sulfide) groups is 1. The van der Waals surface area contributed by atoms with E-state index in [-0.39, 0.29) is 5.91 Å². The molecule has 2 aromatic heterocycles. The van der Waals surface area contributed by atoms with Crippen molar-refractivity contribution in [2.75, 3.05) is 5.32 Å². The number of aromatic nitrogens is 3. The molecule has 1 aliphatic carbocycles. The summed E-state index contributed by atoms with van der Waals surface area (Å²) in [7, 11) is 0. The smallest absolute Gasteiger partial charge is 0.255 e. The van der Waals surface area contributed by atoms with E-state index in [1.807, 2.05) is 60.7 Å². The largest absolute Gasteiger partial charge is 0.322 e. The van der Waals surface area contributed by atoms with Gasteiger partial charge in [0.25, 0.3) is 5.91 Å². The van der Waals surface area contributed by atoms with Crippen LogP contribution in [0.15, 0.2) is 77.3 Å². The number of thiophene rings is 1. The Kier molecular flexibility index (Phi) is 5.38. The highest BCUT2D eigenvalue weighted by atomic mass is 32.2. The number of nitrogens with one attached hydrogen (secondary N) is 1. The van der Waals surface area contributed by atoms with Crippen LogP contribution in [0.1, 0.15) is 34.8 Å². The van der Waals surface area contributed by atoms with Gasteiger partial charge in [-0.3, -0.25) is 9.36 Å². The summed E-state index contributed by atoms with van der Waals surface area (Å²) in [5, 5.41) is 14.9. The van der Waals surface area contributed by atoms with E-state index in [1.54, 1.807) is 23.1 Å². The van der Waals surface area contributed by atoms with E-state index < -0.39 is 0 Å². The van der Waals surface area contributed by atoms with Crippen molar-refractivity contribution in [3.05, 3.63) is 83.2 Å². The van der Waals surface area contributed by atoms with Gasteiger partial charge in [0.15, 0.2) is 11.0 Å². The molecule has 1 aliphatic rings. The molecule has 1 saturated carbocycles. The summed E-state index contributed by atoms with van der Waals surface area (Å²) in [4.78, 5) is 13.6. The molecule has 2 aromatic carbocycles. The number of anilines is 1. The van der Waals surface area contributed by atoms with Crippen molar-refractivity contribution < 1.29 is 4.79 Å². The zero-order valence-corrected chi connectivity index (χ0v) is 17.8. The molecule has 7 heteroatoms. The average molecular weight is 433 g/mol. The summed E-state index contributed by atoms with van der Waals surface area (Å²) in [6.45, 7) is 0. The van der Waals surface area contributed by atoms with Crippen LogP contribution >= 0.6 is 23.1 Å². The second kappa shape index (κ2) is 8.45. The summed E-state index contributed by atoms with van der Waals surface area (Å²) < 4.78 is 2.29. The Hall–Kier alpha value is -2.90. The number of hydrogen-bond acceptors (Lipinski definition) is 5. The van der Waals surface area contributed by atoms with Gasteiger partial charge in [-0.05, 0) is 54.1 Å². The molecule has 0 unspecified atom stereocenters. The number of rotatable bonds is 7. The first-order chi connectivity index (χ1) is 14.8. The van der Waals surface area contributed by atoms with E-state index in [0.29, 0.717) is 11.6 Å². The second-order valence-corrected chi connectivity index (χ2v) is 9.08. The third-order valence-corrected chi connectivity index (χ3v) is 6.81. The van der Waals surface area contributed by atoms with Gasteiger partial charge in [-0.15, -0.1) is 21.5 Å². The standard InChI is InChI=1S/C23H20N4OS2/c28-22(24-18-5-2-1-3-6-18)17-10-8-16(9-11-17)15-30-23-26-25-21(20-7-4-14-29-20)27(23)19-12-13-19/h1-11,14,19H,12-13,15H2,(H,24,28). The topological polar surface area (TPSA) is 59.8 Å². The van der Waals surface area contributed by atoms with Crippen LogP contribution in [0.5, 0.6) is 0 Å². The van der Waals surface area contributed by atoms with Gasteiger partial charge in [0, 0.05) is 23.0 Å². The third-order valence-electron chi connectivity index (χ3n) is 4.93. The normalized spacial score (nSPS) is 13.3. The molecule has 5 rings (SSSR count). The number of carbonyl (C=O) groups excluding carboxylic acids is 1. The van der Waals surface area contributed by atoms with Gasteiger partial charge in [-0.25, -0.2) is 0 Å². The van der Waals surface area contributed by atoms with E-state index in [1.165, 1.54) is 12.8 Å². The minimum Gasteiger partial charge on any atom is -0.322 e. The number of carbonyl (C=O) groups is 1. The zero-order chi connectivity index (χ0) is 20.3. The van der Waals surface area contributed by atoms with Crippen molar-refractivity contribution in [3.63, 3.8) is 0 Å². The van der Waals surface area contributed by atoms with Gasteiger partial charge in [0.2, 0.25) is 0 Å². The number of para-hydroxylation sites is 1. The highest BCUT2D eigenvalue weighted by molar-refractivity contribution is 7.98. The molecule has 0 bridgehead atoms. The Morgan fingerprint density at radius 3 is 2.53 bits per heavy atom. The van der Waals surface area contributed by atoms with Crippen LogP contribution in [-0.2, 0) is 5.75 Å². The lowest BCUT2D eigenvalue weighted by atomic mass is 10.1. The quantitative estimate of drug-likeness (QED) is 0.370. The molecular formula is C23H20N4OS2. The van der Waals surface area contributed by atoms with Crippen LogP contribution in [0.3, 0.4) is 0 Å². The number of hydrogen-bond donors (Lipinski definition) is 1. The third kappa shape index (κ3) is 4.17. The maximum absolute atomic E-state index is 12.4. The molecule has 5 nitrogen and oxygen atoms in total. The Bertz CT molecular complexity index is 1130. The van der Waals surface area contributed by atoms with Crippen molar-refractivity contribution in [2.45, 2.75) is 29.8 Å². The van der Waals surface area contributed by atoms with Crippen molar-refractivity contribution in [1.29, 1.82) is 0 Å². The molecule has 2 heterocycles. The number of nitrogens with zero attached hydrogens (tertiary/aromatic N) is 3. The lowest BCUT2D eigenvalue weighted by Crippen LogP contribution is -2.11. The summed E-state index contributed by atoms with van der Waals surface area (Å²) in [5.41, 5.74) is 2.59. The fraction of sp³-hybridized carbons (Fsp3) is 0.174. The molecule has 0 atom stereocenters. The predicted octanol–water partition coefficient (Wildman–Crippen LogP) is 5.89. The maximum atomic E-state index is 12.4. The van der Waals surface area contributed by atoms with Crippen molar-refractivity contribution in [3.8, 4) is 10.7 Å². The highest BCUT2D eigenvalue weighted by Gasteiger charge is 2.30. The Morgan fingerprint density at radius 1 is 1.03 bits per heavy atom. The van der Waals surface area contributed by atoms with E-state index in [4.69, 9.17) is 0 Å². The zero-order valence-electron chi connectivity index (χ0n) is 16.2. The molecule has 150 valence electrons. The summed E-state index contributed by atoms with van der Waals surface area (Å²) >= 11 is 3.39. The number of amides is 1. The first-order valence-corrected chi connectivity index (χ1v) is 11.7. The SMILES string of the molecule is O=C(Nc1ccccc1)c1ccc(CSc2nnc(-c3cccs3)n2C2CC2)cc1. The lowest BCUT2D eigenvalue weighted by Gasteiger charge is -2.08. The molecule has 0 aliphatic heterocycles. The monoisotopic (exact) mass is 432 g/mol. The first-order valence-electron chi connectivity index (χ1n) is 9.85. The lowest BCUT2D eigenvalue weighted by molar-refractivity contribution is 0.102. The van der Waals surface area contributed by atoms with Gasteiger partial charge in [0.1, 0.15) is 0 Å². The van der Waals surface area contributed by atoms with Gasteiger partial charge in [-0.1, -0.05) is 48.2 Å². The van der Waals surface area contributed by atoms with Crippen molar-refractivity contribution >= 4 is 34.7 Å². The van der Waals surface area contributed by atoms with Gasteiger partial charge < -0.3 is 5.32 Å². The van der Waals surface area contributed by atoms with Gasteiger partial charge in [-0.2, -0.15) is 0 Å². The average Bonchev–Trinajstić information content (AvgIpc) is 3.30. The maximum Gasteiger partial charge on any atom is 0.255 e. The van der Waals surface area contributed by atoms with E-state index in [2.05, 4.69) is 31.5 Å². The number of benzene rings is 2. The van der Waals surface area contributed by atoms with Crippen LogP contribution in [0.25, 0.3) is 10.7 Å². The molecule has 0 spiro atoms. The molecule has 1 amide bonds. The van der Waals surface area contributed by atoms with Crippen LogP contribution in [0.2, 0.25) is 0 Å². The molecule has 30 heavy (non-hydrogen) atoms. The molecule has 4 aromatic rings. The van der Waals surface area contributed by atoms with Gasteiger partial charge in [0.05, 0.1) is 4.88 Å². The molecular weight excluding hydrogens is 412 g/mol. The molecule has 1 fully saturated rings. The highest BCUT2D eigenvalue weighted by Crippen LogP contribution is 2.42. The molecule has 0 radical (unpaired) electrons. The summed E-state index contributed by atoms with van der Waals surface area (Å²) in [6, 6.07) is 21.9. The Morgan fingerprint density at radius 2 is 1.83 bits per heavy atom. The minimum absolute atomic E-state index is 0.102. The van der Waals surface area contributed by atoms with Crippen LogP contribution in [0, 0.1) is 0 Å². The fourth-order valence-electron chi connectivity index (χ4n) is 3.24. The van der Waals surface area contributed by atoms with Crippen LogP contribution in [0.4, 0.5) is 5.69 Å². The van der Waals surface area contributed by atoms with E-state index >= 15 is 0 Å². The Balaban J connectivity index is 1.26. The second-order valence-electron chi connectivity index (χ2n) is 7.19. The van der Waals surface area contributed by atoms with Crippen LogP contribution < -0.4 is 5.32 Å². The van der Waals surface area contributed by atoms with Crippen molar-refractivity contribution in [2.24, 2.45) is 0 Å². The predicted molar refractivity (Wildman–Crippen MR) is 122 cm³/mol.